The summed E-state index contributed by atoms with van der Waals surface area (Å²) < 4.78 is 0. The molecule has 2 atom stereocenters. The molecule has 0 aromatic rings. The van der Waals surface area contributed by atoms with Crippen molar-refractivity contribution >= 4 is 18.3 Å². The fraction of sp³-hybridized carbons (Fsp3) is 0.923. The maximum Gasteiger partial charge on any atom is 0.220 e. The molecule has 0 aliphatic carbocycles. The molecule has 1 amide bonds. The predicted molar refractivity (Wildman–Crippen MR) is 74.5 cm³/mol. The average Bonchev–Trinajstić information content (AvgIpc) is 2.17. The van der Waals surface area contributed by atoms with Crippen molar-refractivity contribution in [3.8, 4) is 0 Å². The highest BCUT2D eigenvalue weighted by Crippen LogP contribution is 2.27. The zero-order valence-corrected chi connectivity index (χ0v) is 12.3. The Morgan fingerprint density at radius 2 is 2.12 bits per heavy atom. The van der Waals surface area contributed by atoms with E-state index in [0.29, 0.717) is 18.4 Å². The normalized spacial score (nSPS) is 22.5. The van der Waals surface area contributed by atoms with Crippen LogP contribution in [0.3, 0.4) is 0 Å². The molecule has 0 bridgehead atoms. The molecule has 0 aromatic heterocycles. The second kappa shape index (κ2) is 7.22. The largest absolute Gasteiger partial charge is 0.352 e. The highest BCUT2D eigenvalue weighted by Gasteiger charge is 2.23. The van der Waals surface area contributed by atoms with Gasteiger partial charge in [0.15, 0.2) is 0 Å². The summed E-state index contributed by atoms with van der Waals surface area (Å²) in [5.74, 6) is 0.625. The number of carbonyl (C=O) groups excluding carboxylic acids is 1. The van der Waals surface area contributed by atoms with Gasteiger partial charge in [-0.1, -0.05) is 27.7 Å². The monoisotopic (exact) mass is 262 g/mol. The Labute approximate surface area is 112 Å². The van der Waals surface area contributed by atoms with E-state index in [1.165, 1.54) is 6.42 Å². The van der Waals surface area contributed by atoms with E-state index < -0.39 is 0 Å². The van der Waals surface area contributed by atoms with Crippen molar-refractivity contribution in [2.45, 2.75) is 53.0 Å². The minimum atomic E-state index is 0. The molecular weight excluding hydrogens is 236 g/mol. The number of amides is 1. The van der Waals surface area contributed by atoms with Gasteiger partial charge in [-0.25, -0.2) is 0 Å². The van der Waals surface area contributed by atoms with E-state index in [1.807, 2.05) is 0 Å². The summed E-state index contributed by atoms with van der Waals surface area (Å²) in [4.78, 5) is 11.8. The minimum absolute atomic E-state index is 0. The molecule has 1 rings (SSSR count). The first kappa shape index (κ1) is 16.7. The van der Waals surface area contributed by atoms with Gasteiger partial charge >= 0.3 is 0 Å². The summed E-state index contributed by atoms with van der Waals surface area (Å²) in [5.41, 5.74) is 0.210. The van der Waals surface area contributed by atoms with Crippen LogP contribution in [0.25, 0.3) is 0 Å². The van der Waals surface area contributed by atoms with Crippen LogP contribution in [-0.4, -0.2) is 25.0 Å². The molecule has 1 aliphatic heterocycles. The zero-order chi connectivity index (χ0) is 12.2. The molecule has 1 heterocycles. The Bertz CT molecular complexity index is 232. The molecule has 3 nitrogen and oxygen atoms in total. The first-order valence-electron chi connectivity index (χ1n) is 6.39. The maximum absolute atomic E-state index is 11.8. The second-order valence-electron chi connectivity index (χ2n) is 6.08. The van der Waals surface area contributed by atoms with Crippen LogP contribution in [0.1, 0.15) is 47.0 Å². The van der Waals surface area contributed by atoms with Crippen LogP contribution < -0.4 is 10.6 Å². The van der Waals surface area contributed by atoms with Crippen molar-refractivity contribution in [1.29, 1.82) is 0 Å². The van der Waals surface area contributed by atoms with Gasteiger partial charge in [0.1, 0.15) is 0 Å². The van der Waals surface area contributed by atoms with E-state index >= 15 is 0 Å². The van der Waals surface area contributed by atoms with E-state index in [-0.39, 0.29) is 23.7 Å². The smallest absolute Gasteiger partial charge is 0.220 e. The molecule has 0 spiro atoms. The molecule has 1 unspecified atom stereocenters. The van der Waals surface area contributed by atoms with Crippen molar-refractivity contribution in [2.75, 3.05) is 13.1 Å². The number of nitrogens with one attached hydrogen (secondary N) is 2. The van der Waals surface area contributed by atoms with Crippen LogP contribution in [0, 0.1) is 11.3 Å². The topological polar surface area (TPSA) is 41.1 Å². The Morgan fingerprint density at radius 1 is 1.47 bits per heavy atom. The molecule has 0 radical (unpaired) electrons. The third-order valence-corrected chi connectivity index (χ3v) is 3.63. The summed E-state index contributed by atoms with van der Waals surface area (Å²) in [5, 5.41) is 6.43. The number of rotatable bonds is 3. The molecule has 1 aliphatic rings. The lowest BCUT2D eigenvalue weighted by atomic mass is 9.80. The summed E-state index contributed by atoms with van der Waals surface area (Å²) in [7, 11) is 0. The Morgan fingerprint density at radius 3 is 2.59 bits per heavy atom. The lowest BCUT2D eigenvalue weighted by Gasteiger charge is -2.28. The van der Waals surface area contributed by atoms with Crippen molar-refractivity contribution in [3.05, 3.63) is 0 Å². The zero-order valence-electron chi connectivity index (χ0n) is 11.5. The molecule has 0 saturated carbocycles. The van der Waals surface area contributed by atoms with E-state index in [0.717, 1.165) is 19.5 Å². The van der Waals surface area contributed by atoms with Gasteiger partial charge in [0.05, 0.1) is 0 Å². The predicted octanol–water partition coefficient (Wildman–Crippen LogP) is 2.35. The van der Waals surface area contributed by atoms with Crippen molar-refractivity contribution in [1.82, 2.24) is 10.6 Å². The van der Waals surface area contributed by atoms with Gasteiger partial charge in [0, 0.05) is 19.0 Å². The van der Waals surface area contributed by atoms with Gasteiger partial charge in [-0.05, 0) is 30.7 Å². The Balaban J connectivity index is 0.00000256. The Kier molecular flexibility index (Phi) is 7.10. The molecule has 17 heavy (non-hydrogen) atoms. The van der Waals surface area contributed by atoms with E-state index in [1.54, 1.807) is 0 Å². The fourth-order valence-electron chi connectivity index (χ4n) is 1.85. The number of hydrogen-bond donors (Lipinski definition) is 2. The SMILES string of the molecule is CC(CC(=O)N[C@@H]1CCCNC1)C(C)(C)C.Cl. The third kappa shape index (κ3) is 6.27. The van der Waals surface area contributed by atoms with Gasteiger partial charge in [0.25, 0.3) is 0 Å². The summed E-state index contributed by atoms with van der Waals surface area (Å²) in [6.07, 6.45) is 2.92. The summed E-state index contributed by atoms with van der Waals surface area (Å²) in [6.45, 7) is 10.7. The number of piperidine rings is 1. The summed E-state index contributed by atoms with van der Waals surface area (Å²) in [6, 6.07) is 0.341. The number of hydrogen-bond acceptors (Lipinski definition) is 2. The molecule has 1 fully saturated rings. The first-order chi connectivity index (χ1) is 7.39. The molecule has 1 saturated heterocycles. The van der Waals surface area contributed by atoms with Crippen LogP contribution >= 0.6 is 12.4 Å². The van der Waals surface area contributed by atoms with Crippen LogP contribution in [0.2, 0.25) is 0 Å². The second-order valence-corrected chi connectivity index (χ2v) is 6.08. The minimum Gasteiger partial charge on any atom is -0.352 e. The average molecular weight is 263 g/mol. The Hall–Kier alpha value is -0.280. The van der Waals surface area contributed by atoms with E-state index in [4.69, 9.17) is 0 Å². The molecule has 2 N–H and O–H groups in total. The van der Waals surface area contributed by atoms with Crippen LogP contribution in [0.5, 0.6) is 0 Å². The quantitative estimate of drug-likeness (QED) is 0.820. The van der Waals surface area contributed by atoms with Crippen LogP contribution in [0.15, 0.2) is 0 Å². The van der Waals surface area contributed by atoms with E-state index in [9.17, 15) is 4.79 Å². The molecule has 0 aromatic carbocycles. The lowest BCUT2D eigenvalue weighted by molar-refractivity contribution is -0.123. The van der Waals surface area contributed by atoms with Gasteiger partial charge in [-0.15, -0.1) is 12.4 Å². The lowest BCUT2D eigenvalue weighted by Crippen LogP contribution is -2.46. The molecule has 4 heteroatoms. The highest BCUT2D eigenvalue weighted by molar-refractivity contribution is 5.85. The number of halogens is 1. The van der Waals surface area contributed by atoms with Gasteiger partial charge in [-0.2, -0.15) is 0 Å². The fourth-order valence-corrected chi connectivity index (χ4v) is 1.85. The summed E-state index contributed by atoms with van der Waals surface area (Å²) >= 11 is 0. The molecular formula is C13H27ClN2O. The van der Waals surface area contributed by atoms with Crippen molar-refractivity contribution in [3.63, 3.8) is 0 Å². The van der Waals surface area contributed by atoms with Gasteiger partial charge in [-0.3, -0.25) is 4.79 Å². The standard InChI is InChI=1S/C13H26N2O.ClH/c1-10(13(2,3)4)8-12(16)15-11-6-5-7-14-9-11;/h10-11,14H,5-9H2,1-4H3,(H,15,16);1H/t10?,11-;/m1./s1. The molecule has 102 valence electrons. The van der Waals surface area contributed by atoms with Crippen molar-refractivity contribution < 1.29 is 4.79 Å². The van der Waals surface area contributed by atoms with Gasteiger partial charge in [0.2, 0.25) is 5.91 Å². The van der Waals surface area contributed by atoms with E-state index in [2.05, 4.69) is 38.3 Å². The van der Waals surface area contributed by atoms with Crippen LogP contribution in [0.4, 0.5) is 0 Å². The highest BCUT2D eigenvalue weighted by atomic mass is 35.5. The third-order valence-electron chi connectivity index (χ3n) is 3.63. The van der Waals surface area contributed by atoms with Gasteiger partial charge < -0.3 is 10.6 Å². The maximum atomic E-state index is 11.8. The number of carbonyl (C=O) groups is 1. The van der Waals surface area contributed by atoms with Crippen molar-refractivity contribution in [2.24, 2.45) is 11.3 Å². The van der Waals surface area contributed by atoms with Crippen LogP contribution in [-0.2, 0) is 4.79 Å². The first-order valence-corrected chi connectivity index (χ1v) is 6.39.